The van der Waals surface area contributed by atoms with Crippen LogP contribution < -0.4 is 30.4 Å². The van der Waals surface area contributed by atoms with Crippen molar-refractivity contribution in [3.63, 3.8) is 0 Å². The van der Waals surface area contributed by atoms with Gasteiger partial charge in [0, 0.05) is 43.0 Å². The molecule has 0 aromatic heterocycles. The van der Waals surface area contributed by atoms with Crippen molar-refractivity contribution < 1.29 is 38.7 Å². The number of aliphatic hydroxyl groups excluding tert-OH is 2. The summed E-state index contributed by atoms with van der Waals surface area (Å²) in [5, 5.41) is 20.1. The molecular formula is C39H44N4O8. The average molecular weight is 697 g/mol. The van der Waals surface area contributed by atoms with Gasteiger partial charge in [0.1, 0.15) is 0 Å². The molecule has 6 N–H and O–H groups in total. The van der Waals surface area contributed by atoms with Gasteiger partial charge in [-0.05, 0) is 47.2 Å². The number of methoxy groups -OCH3 is 2. The Balaban J connectivity index is 1.07. The van der Waals surface area contributed by atoms with Gasteiger partial charge in [0.05, 0.1) is 63.9 Å². The normalized spacial score (nSPS) is 16.5. The summed E-state index contributed by atoms with van der Waals surface area (Å²) in [5.74, 6) is 0.855. The van der Waals surface area contributed by atoms with Gasteiger partial charge in [-0.1, -0.05) is 48.5 Å². The van der Waals surface area contributed by atoms with Crippen LogP contribution >= 0.6 is 0 Å². The van der Waals surface area contributed by atoms with E-state index >= 15 is 0 Å². The van der Waals surface area contributed by atoms with Crippen LogP contribution in [-0.2, 0) is 25.9 Å². The molecule has 0 radical (unpaired) electrons. The Kier molecular flexibility index (Phi) is 10.8. The van der Waals surface area contributed by atoms with Gasteiger partial charge in [0.2, 0.25) is 0 Å². The molecule has 0 saturated heterocycles. The zero-order valence-corrected chi connectivity index (χ0v) is 28.8. The number of carbonyl (C=O) groups is 2. The third kappa shape index (κ3) is 7.38. The number of rotatable bonds is 12. The summed E-state index contributed by atoms with van der Waals surface area (Å²) in [6.07, 6.45) is 1.57. The summed E-state index contributed by atoms with van der Waals surface area (Å²) >= 11 is 0. The second kappa shape index (κ2) is 15.6. The first-order valence-corrected chi connectivity index (χ1v) is 16.9. The third-order valence-electron chi connectivity index (χ3n) is 9.59. The van der Waals surface area contributed by atoms with Crippen LogP contribution in [0.3, 0.4) is 0 Å². The molecule has 0 saturated carbocycles. The number of nitrogen functional groups attached to an aromatic ring is 2. The summed E-state index contributed by atoms with van der Waals surface area (Å²) in [5.41, 5.74) is 18.0. The van der Waals surface area contributed by atoms with Crippen LogP contribution in [0.4, 0.5) is 11.4 Å². The minimum atomic E-state index is -0.370. The molecule has 268 valence electrons. The number of amides is 2. The van der Waals surface area contributed by atoms with Crippen molar-refractivity contribution in [2.75, 3.05) is 52.1 Å². The molecule has 0 fully saturated rings. The van der Waals surface area contributed by atoms with Crippen LogP contribution in [0.2, 0.25) is 0 Å². The quantitative estimate of drug-likeness (QED) is 0.126. The molecule has 2 atom stereocenters. The second-order valence-corrected chi connectivity index (χ2v) is 12.7. The molecule has 12 heteroatoms. The van der Waals surface area contributed by atoms with Crippen LogP contribution in [-0.4, -0.2) is 84.6 Å². The Labute approximate surface area is 297 Å². The summed E-state index contributed by atoms with van der Waals surface area (Å²) < 4.78 is 23.1. The van der Waals surface area contributed by atoms with Crippen molar-refractivity contribution in [2.24, 2.45) is 0 Å². The summed E-state index contributed by atoms with van der Waals surface area (Å²) in [7, 11) is 2.98. The molecule has 2 amide bonds. The van der Waals surface area contributed by atoms with Gasteiger partial charge in [-0.3, -0.25) is 9.59 Å². The van der Waals surface area contributed by atoms with Crippen LogP contribution in [0.1, 0.15) is 49.4 Å². The van der Waals surface area contributed by atoms with E-state index in [0.29, 0.717) is 55.4 Å². The lowest BCUT2D eigenvalue weighted by atomic mass is 9.93. The lowest BCUT2D eigenvalue weighted by Gasteiger charge is -2.36. The van der Waals surface area contributed by atoms with Crippen LogP contribution in [0.25, 0.3) is 0 Å². The monoisotopic (exact) mass is 696 g/mol. The Bertz CT molecular complexity index is 1760. The fourth-order valence-corrected chi connectivity index (χ4v) is 6.78. The number of benzene rings is 4. The maximum Gasteiger partial charge on any atom is 0.256 e. The third-order valence-corrected chi connectivity index (χ3v) is 9.59. The lowest BCUT2D eigenvalue weighted by Crippen LogP contribution is -2.46. The standard InChI is InChI=1S/C39H44N4O8/c1-48-34-16-30(38(46)42-20-26-10-5-3-8-24(26)14-28(42)22-44)32(40)18-36(34)50-12-7-13-51-37-19-33(41)31(17-35(37)49-2)39(47)43-21-27-11-6-4-9-25(27)15-29(43)23-45/h3-6,8-11,16-19,28-29,44-45H,7,12-15,20-23,40-41H2,1-2H3. The van der Waals surface area contributed by atoms with Gasteiger partial charge < -0.3 is 50.4 Å². The van der Waals surface area contributed by atoms with Gasteiger partial charge in [0.15, 0.2) is 23.0 Å². The molecule has 2 unspecified atom stereocenters. The SMILES string of the molecule is COc1cc(C(=O)N2Cc3ccccc3CC2CO)c(N)cc1OCCCOc1cc(N)c(C(=O)N2Cc3ccccc3CC2CO)cc1OC. The first-order valence-electron chi connectivity index (χ1n) is 16.9. The van der Waals surface area contributed by atoms with Gasteiger partial charge in [0.25, 0.3) is 11.8 Å². The highest BCUT2D eigenvalue weighted by molar-refractivity contribution is 6.01. The predicted octanol–water partition coefficient (Wildman–Crippen LogP) is 3.83. The Morgan fingerprint density at radius 3 is 1.41 bits per heavy atom. The zero-order valence-electron chi connectivity index (χ0n) is 28.8. The molecular weight excluding hydrogens is 652 g/mol. The van der Waals surface area contributed by atoms with Crippen molar-refractivity contribution in [1.82, 2.24) is 9.80 Å². The molecule has 6 rings (SSSR count). The number of aliphatic hydroxyl groups is 2. The van der Waals surface area contributed by atoms with E-state index < -0.39 is 0 Å². The highest BCUT2D eigenvalue weighted by atomic mass is 16.5. The van der Waals surface area contributed by atoms with Crippen molar-refractivity contribution in [1.29, 1.82) is 0 Å². The number of nitrogens with zero attached hydrogens (tertiary/aromatic N) is 2. The topological polar surface area (TPSA) is 170 Å². The second-order valence-electron chi connectivity index (χ2n) is 12.7. The molecule has 4 aromatic carbocycles. The van der Waals surface area contributed by atoms with Crippen molar-refractivity contribution in [2.45, 2.75) is 44.4 Å². The number of hydrogen-bond acceptors (Lipinski definition) is 10. The molecule has 4 aromatic rings. The fourth-order valence-electron chi connectivity index (χ4n) is 6.78. The Morgan fingerprint density at radius 1 is 0.647 bits per heavy atom. The molecule has 2 heterocycles. The number of hydrogen-bond donors (Lipinski definition) is 4. The van der Waals surface area contributed by atoms with Crippen LogP contribution in [0.5, 0.6) is 23.0 Å². The van der Waals surface area contributed by atoms with Crippen molar-refractivity contribution in [3.8, 4) is 23.0 Å². The smallest absolute Gasteiger partial charge is 0.256 e. The number of fused-ring (bicyclic) bond motifs is 2. The molecule has 12 nitrogen and oxygen atoms in total. The molecule has 51 heavy (non-hydrogen) atoms. The first kappa shape index (κ1) is 35.4. The van der Waals surface area contributed by atoms with Crippen LogP contribution in [0.15, 0.2) is 72.8 Å². The molecule has 2 aliphatic rings. The van der Waals surface area contributed by atoms with E-state index in [1.54, 1.807) is 34.1 Å². The first-order chi connectivity index (χ1) is 24.8. The molecule has 0 spiro atoms. The fraction of sp³-hybridized carbons (Fsp3) is 0.333. The van der Waals surface area contributed by atoms with Gasteiger partial charge in [-0.15, -0.1) is 0 Å². The predicted molar refractivity (Wildman–Crippen MR) is 192 cm³/mol. The largest absolute Gasteiger partial charge is 0.493 e. The maximum atomic E-state index is 13.7. The molecule has 0 aliphatic carbocycles. The highest BCUT2D eigenvalue weighted by Crippen LogP contribution is 2.36. The van der Waals surface area contributed by atoms with Gasteiger partial charge in [-0.25, -0.2) is 0 Å². The number of nitrogens with two attached hydrogens (primary N) is 2. The maximum absolute atomic E-state index is 13.7. The average Bonchev–Trinajstić information content (AvgIpc) is 3.16. The Hall–Kier alpha value is -5.46. The number of ether oxygens (including phenoxy) is 4. The van der Waals surface area contributed by atoms with Crippen molar-refractivity contribution in [3.05, 3.63) is 106 Å². The van der Waals surface area contributed by atoms with E-state index in [-0.39, 0.29) is 72.8 Å². The minimum absolute atomic E-state index is 0.166. The van der Waals surface area contributed by atoms with E-state index in [9.17, 15) is 19.8 Å². The van der Waals surface area contributed by atoms with E-state index in [1.165, 1.54) is 14.2 Å². The lowest BCUT2D eigenvalue weighted by molar-refractivity contribution is 0.0540. The van der Waals surface area contributed by atoms with Crippen molar-refractivity contribution >= 4 is 23.2 Å². The van der Waals surface area contributed by atoms with E-state index in [0.717, 1.165) is 22.3 Å². The number of carbonyl (C=O) groups excluding carboxylic acids is 2. The summed E-state index contributed by atoms with van der Waals surface area (Å²) in [6, 6.07) is 21.3. The minimum Gasteiger partial charge on any atom is -0.493 e. The molecule has 2 aliphatic heterocycles. The Morgan fingerprint density at radius 2 is 1.04 bits per heavy atom. The van der Waals surface area contributed by atoms with E-state index in [1.807, 2.05) is 48.5 Å². The zero-order chi connectivity index (χ0) is 36.1. The summed E-state index contributed by atoms with van der Waals surface area (Å²) in [4.78, 5) is 30.6. The molecule has 0 bridgehead atoms. The van der Waals surface area contributed by atoms with Gasteiger partial charge >= 0.3 is 0 Å². The van der Waals surface area contributed by atoms with E-state index in [4.69, 9.17) is 30.4 Å². The number of anilines is 2. The summed E-state index contributed by atoms with van der Waals surface area (Å²) in [6.45, 7) is 0.888. The van der Waals surface area contributed by atoms with Gasteiger partial charge in [-0.2, -0.15) is 0 Å². The van der Waals surface area contributed by atoms with E-state index in [2.05, 4.69) is 0 Å². The highest BCUT2D eigenvalue weighted by Gasteiger charge is 2.33. The van der Waals surface area contributed by atoms with Crippen LogP contribution in [0, 0.1) is 0 Å².